The van der Waals surface area contributed by atoms with Crippen molar-refractivity contribution in [1.29, 1.82) is 0 Å². The number of ether oxygens (including phenoxy) is 1. The molecule has 0 atom stereocenters. The highest BCUT2D eigenvalue weighted by Gasteiger charge is 2.24. The molecular weight excluding hydrogens is 288 g/mol. The second-order valence-corrected chi connectivity index (χ2v) is 6.73. The van der Waals surface area contributed by atoms with Gasteiger partial charge in [-0.15, -0.1) is 0 Å². The summed E-state index contributed by atoms with van der Waals surface area (Å²) in [4.78, 5) is 16.2. The average Bonchev–Trinajstić information content (AvgIpc) is 3.00. The van der Waals surface area contributed by atoms with E-state index < -0.39 is 5.60 Å². The van der Waals surface area contributed by atoms with Crippen LogP contribution in [0.1, 0.15) is 20.8 Å². The Kier molecular flexibility index (Phi) is 2.79. The van der Waals surface area contributed by atoms with E-state index in [9.17, 15) is 4.79 Å². The highest BCUT2D eigenvalue weighted by Crippen LogP contribution is 2.34. The Morgan fingerprint density at radius 2 is 1.65 bits per heavy atom. The van der Waals surface area contributed by atoms with Gasteiger partial charge in [-0.1, -0.05) is 36.4 Å². The lowest BCUT2D eigenvalue weighted by molar-refractivity contribution is 0.0551. The predicted octanol–water partition coefficient (Wildman–Crippen LogP) is 5.06. The van der Waals surface area contributed by atoms with Crippen LogP contribution in [-0.4, -0.2) is 21.2 Å². The number of nitrogens with one attached hydrogen (secondary N) is 1. The van der Waals surface area contributed by atoms with Crippen molar-refractivity contribution in [3.8, 4) is 0 Å². The van der Waals surface area contributed by atoms with Crippen LogP contribution in [0, 0.1) is 0 Å². The number of para-hydroxylation sites is 2. The maximum absolute atomic E-state index is 12.8. The van der Waals surface area contributed by atoms with Crippen molar-refractivity contribution in [2.24, 2.45) is 0 Å². The summed E-state index contributed by atoms with van der Waals surface area (Å²) in [5, 5.41) is 2.04. The van der Waals surface area contributed by atoms with Crippen LogP contribution in [0.2, 0.25) is 0 Å². The summed E-state index contributed by atoms with van der Waals surface area (Å²) in [6.07, 6.45) is -0.353. The molecule has 116 valence electrons. The lowest BCUT2D eigenvalue weighted by atomic mass is 10.2. The van der Waals surface area contributed by atoms with Crippen LogP contribution in [0.4, 0.5) is 4.79 Å². The van der Waals surface area contributed by atoms with Gasteiger partial charge in [0.25, 0.3) is 0 Å². The van der Waals surface area contributed by atoms with Crippen molar-refractivity contribution in [3.63, 3.8) is 0 Å². The van der Waals surface area contributed by atoms with Gasteiger partial charge in [0, 0.05) is 16.3 Å². The Bertz CT molecular complexity index is 1040. The van der Waals surface area contributed by atoms with Gasteiger partial charge in [0.15, 0.2) is 0 Å². The van der Waals surface area contributed by atoms with Crippen LogP contribution in [0.5, 0.6) is 0 Å². The molecule has 0 aliphatic heterocycles. The molecule has 4 heteroatoms. The van der Waals surface area contributed by atoms with Crippen LogP contribution in [0.3, 0.4) is 0 Å². The Labute approximate surface area is 133 Å². The van der Waals surface area contributed by atoms with E-state index in [0.717, 1.165) is 32.8 Å². The number of aromatic amines is 1. The number of fused-ring (bicyclic) bond motifs is 5. The highest BCUT2D eigenvalue weighted by molar-refractivity contribution is 6.20. The number of hydrogen-bond acceptors (Lipinski definition) is 2. The van der Waals surface area contributed by atoms with Crippen LogP contribution >= 0.6 is 0 Å². The largest absolute Gasteiger partial charge is 0.443 e. The number of benzene rings is 2. The molecule has 0 aliphatic rings. The minimum absolute atomic E-state index is 0.353. The van der Waals surface area contributed by atoms with Gasteiger partial charge in [0.1, 0.15) is 5.60 Å². The molecule has 4 rings (SSSR count). The fraction of sp³-hybridized carbons (Fsp3) is 0.211. The zero-order chi connectivity index (χ0) is 16.2. The SMILES string of the molecule is CC(C)(C)OC(=O)n1c2ccccc2c2[nH]c3ccccc3c21. The van der Waals surface area contributed by atoms with Gasteiger partial charge in [-0.2, -0.15) is 0 Å². The molecule has 4 aromatic rings. The molecule has 0 unspecified atom stereocenters. The number of carbonyl (C=O) groups is 1. The maximum atomic E-state index is 12.8. The zero-order valence-corrected chi connectivity index (χ0v) is 13.4. The Balaban J connectivity index is 2.12. The second-order valence-electron chi connectivity index (χ2n) is 6.73. The minimum Gasteiger partial charge on any atom is -0.443 e. The first kappa shape index (κ1) is 13.9. The zero-order valence-electron chi connectivity index (χ0n) is 13.4. The van der Waals surface area contributed by atoms with E-state index in [-0.39, 0.29) is 6.09 Å². The van der Waals surface area contributed by atoms with E-state index in [2.05, 4.69) is 4.98 Å². The normalized spacial score (nSPS) is 12.3. The van der Waals surface area contributed by atoms with Gasteiger partial charge in [-0.3, -0.25) is 0 Å². The third-order valence-electron chi connectivity index (χ3n) is 3.89. The van der Waals surface area contributed by atoms with Crippen LogP contribution < -0.4 is 0 Å². The molecule has 2 aromatic carbocycles. The summed E-state index contributed by atoms with van der Waals surface area (Å²) in [6, 6.07) is 15.9. The summed E-state index contributed by atoms with van der Waals surface area (Å²) < 4.78 is 7.30. The second kappa shape index (κ2) is 4.62. The lowest BCUT2D eigenvalue weighted by Gasteiger charge is -2.20. The Hall–Kier alpha value is -2.75. The van der Waals surface area contributed by atoms with E-state index >= 15 is 0 Å². The number of carbonyl (C=O) groups excluding carboxylic acids is 1. The molecule has 0 fully saturated rings. The van der Waals surface area contributed by atoms with Gasteiger partial charge >= 0.3 is 6.09 Å². The number of rotatable bonds is 0. The van der Waals surface area contributed by atoms with Gasteiger partial charge in [-0.05, 0) is 32.9 Å². The fourth-order valence-corrected chi connectivity index (χ4v) is 3.05. The van der Waals surface area contributed by atoms with E-state index in [0.29, 0.717) is 0 Å². The molecule has 0 saturated heterocycles. The monoisotopic (exact) mass is 306 g/mol. The molecule has 0 aliphatic carbocycles. The molecule has 2 heterocycles. The van der Waals surface area contributed by atoms with Crippen LogP contribution in [-0.2, 0) is 4.74 Å². The third-order valence-corrected chi connectivity index (χ3v) is 3.89. The first-order valence-corrected chi connectivity index (χ1v) is 7.69. The van der Waals surface area contributed by atoms with Crippen molar-refractivity contribution in [1.82, 2.24) is 9.55 Å². The molecular formula is C19H18N2O2. The fourth-order valence-electron chi connectivity index (χ4n) is 3.05. The molecule has 0 bridgehead atoms. The first-order chi connectivity index (χ1) is 11.0. The standard InChI is InChI=1S/C19H18N2O2/c1-19(2,3)23-18(22)21-15-11-7-5-9-13(15)16-17(21)12-8-4-6-10-14(12)20-16/h4-11,20H,1-3H3. The number of aromatic nitrogens is 2. The van der Waals surface area contributed by atoms with Gasteiger partial charge in [0.2, 0.25) is 0 Å². The molecule has 0 spiro atoms. The number of nitrogens with zero attached hydrogens (tertiary/aromatic N) is 1. The van der Waals surface area contributed by atoms with Gasteiger partial charge in [-0.25, -0.2) is 9.36 Å². The summed E-state index contributed by atoms with van der Waals surface area (Å²) in [6.45, 7) is 5.63. The van der Waals surface area contributed by atoms with Crippen molar-refractivity contribution in [2.75, 3.05) is 0 Å². The molecule has 1 N–H and O–H groups in total. The van der Waals surface area contributed by atoms with E-state index in [4.69, 9.17) is 4.74 Å². The first-order valence-electron chi connectivity index (χ1n) is 7.69. The minimum atomic E-state index is -0.541. The van der Waals surface area contributed by atoms with E-state index in [1.54, 1.807) is 4.57 Å². The number of H-pyrrole nitrogens is 1. The summed E-state index contributed by atoms with van der Waals surface area (Å²) in [5.74, 6) is 0. The van der Waals surface area contributed by atoms with Crippen molar-refractivity contribution >= 4 is 38.9 Å². The van der Waals surface area contributed by atoms with Crippen LogP contribution in [0.25, 0.3) is 32.8 Å². The third kappa shape index (κ3) is 2.10. The number of hydrogen-bond donors (Lipinski definition) is 1. The van der Waals surface area contributed by atoms with E-state index in [1.807, 2.05) is 69.3 Å². The molecule has 0 radical (unpaired) electrons. The van der Waals surface area contributed by atoms with Crippen molar-refractivity contribution in [2.45, 2.75) is 26.4 Å². The summed E-state index contributed by atoms with van der Waals surface area (Å²) in [5.41, 5.74) is 3.17. The summed E-state index contributed by atoms with van der Waals surface area (Å²) >= 11 is 0. The van der Waals surface area contributed by atoms with Crippen molar-refractivity contribution < 1.29 is 9.53 Å². The molecule has 0 saturated carbocycles. The van der Waals surface area contributed by atoms with Crippen molar-refractivity contribution in [3.05, 3.63) is 48.5 Å². The summed E-state index contributed by atoms with van der Waals surface area (Å²) in [7, 11) is 0. The molecule has 23 heavy (non-hydrogen) atoms. The van der Waals surface area contributed by atoms with Gasteiger partial charge in [0.05, 0.1) is 16.6 Å². The Morgan fingerprint density at radius 1 is 1.00 bits per heavy atom. The van der Waals surface area contributed by atoms with Crippen LogP contribution in [0.15, 0.2) is 48.5 Å². The quantitative estimate of drug-likeness (QED) is 0.493. The maximum Gasteiger partial charge on any atom is 0.419 e. The smallest absolute Gasteiger partial charge is 0.419 e. The molecule has 2 aromatic heterocycles. The topological polar surface area (TPSA) is 47.0 Å². The predicted molar refractivity (Wildman–Crippen MR) is 92.9 cm³/mol. The molecule has 0 amide bonds. The van der Waals surface area contributed by atoms with E-state index in [1.165, 1.54) is 0 Å². The Morgan fingerprint density at radius 3 is 2.39 bits per heavy atom. The molecule has 4 nitrogen and oxygen atoms in total. The highest BCUT2D eigenvalue weighted by atomic mass is 16.6. The lowest BCUT2D eigenvalue weighted by Crippen LogP contribution is -2.27. The van der Waals surface area contributed by atoms with Gasteiger partial charge < -0.3 is 9.72 Å². The average molecular weight is 306 g/mol.